The molecule has 0 bridgehead atoms. The molecule has 0 aromatic carbocycles. The van der Waals surface area contributed by atoms with E-state index in [2.05, 4.69) is 11.8 Å². The molecule has 100 valence electrons. The molecule has 1 aliphatic rings. The molecule has 1 unspecified atom stereocenters. The predicted octanol–water partition coefficient (Wildman–Crippen LogP) is 1.06. The lowest BCUT2D eigenvalue weighted by atomic mass is 10.0. The van der Waals surface area contributed by atoms with Crippen LogP contribution in [0.4, 0.5) is 0 Å². The van der Waals surface area contributed by atoms with Crippen LogP contribution >= 0.6 is 0 Å². The van der Waals surface area contributed by atoms with E-state index in [1.807, 2.05) is 11.9 Å². The van der Waals surface area contributed by atoms with Gasteiger partial charge in [0.25, 0.3) is 0 Å². The van der Waals surface area contributed by atoms with E-state index in [0.717, 1.165) is 26.1 Å². The molecule has 1 fully saturated rings. The smallest absolute Gasteiger partial charge is 0.223 e. The van der Waals surface area contributed by atoms with Gasteiger partial charge in [0, 0.05) is 32.6 Å². The Bertz CT molecular complexity index is 233. The summed E-state index contributed by atoms with van der Waals surface area (Å²) in [4.78, 5) is 16.1. The van der Waals surface area contributed by atoms with E-state index in [1.54, 1.807) is 0 Å². The van der Waals surface area contributed by atoms with Crippen molar-refractivity contribution in [2.24, 2.45) is 5.73 Å². The SMILES string of the molecule is CC1CCCCN1CCC(=O)N(C)CCCN. The Labute approximate surface area is 105 Å². The van der Waals surface area contributed by atoms with Crippen LogP contribution in [0.1, 0.15) is 39.0 Å². The summed E-state index contributed by atoms with van der Waals surface area (Å²) in [5.41, 5.74) is 5.44. The maximum absolute atomic E-state index is 11.9. The second-order valence-corrected chi connectivity index (χ2v) is 5.09. The normalized spacial score (nSPS) is 21.5. The van der Waals surface area contributed by atoms with Gasteiger partial charge in [0.2, 0.25) is 5.91 Å². The molecule has 1 aliphatic heterocycles. The second kappa shape index (κ2) is 7.67. The Kier molecular flexibility index (Phi) is 6.52. The van der Waals surface area contributed by atoms with Crippen molar-refractivity contribution in [3.63, 3.8) is 0 Å². The summed E-state index contributed by atoms with van der Waals surface area (Å²) in [6.45, 7) is 5.77. The summed E-state index contributed by atoms with van der Waals surface area (Å²) in [6, 6.07) is 0.644. The van der Waals surface area contributed by atoms with Gasteiger partial charge in [-0.15, -0.1) is 0 Å². The minimum atomic E-state index is 0.247. The first kappa shape index (κ1) is 14.5. The predicted molar refractivity (Wildman–Crippen MR) is 70.8 cm³/mol. The quantitative estimate of drug-likeness (QED) is 0.756. The van der Waals surface area contributed by atoms with Crippen LogP contribution in [-0.4, -0.2) is 55.0 Å². The van der Waals surface area contributed by atoms with E-state index in [4.69, 9.17) is 5.73 Å². The Hall–Kier alpha value is -0.610. The van der Waals surface area contributed by atoms with Crippen LogP contribution in [0.25, 0.3) is 0 Å². The number of rotatable bonds is 6. The van der Waals surface area contributed by atoms with E-state index in [9.17, 15) is 4.79 Å². The first-order valence-corrected chi connectivity index (χ1v) is 6.83. The number of carbonyl (C=O) groups excluding carboxylic acids is 1. The molecule has 4 nitrogen and oxygen atoms in total. The molecule has 0 aromatic heterocycles. The van der Waals surface area contributed by atoms with Gasteiger partial charge in [-0.1, -0.05) is 6.42 Å². The Morgan fingerprint density at radius 1 is 1.47 bits per heavy atom. The van der Waals surface area contributed by atoms with Crippen molar-refractivity contribution in [3.8, 4) is 0 Å². The van der Waals surface area contributed by atoms with Crippen LogP contribution < -0.4 is 5.73 Å². The molecule has 1 atom stereocenters. The highest BCUT2D eigenvalue weighted by Gasteiger charge is 2.19. The summed E-state index contributed by atoms with van der Waals surface area (Å²) in [7, 11) is 1.87. The van der Waals surface area contributed by atoms with Gasteiger partial charge in [-0.2, -0.15) is 0 Å². The average molecular weight is 241 g/mol. The molecule has 0 aromatic rings. The van der Waals surface area contributed by atoms with Crippen molar-refractivity contribution < 1.29 is 4.79 Å². The van der Waals surface area contributed by atoms with Crippen LogP contribution in [0, 0.1) is 0 Å². The number of nitrogens with two attached hydrogens (primary N) is 1. The first-order valence-electron chi connectivity index (χ1n) is 6.83. The molecule has 1 saturated heterocycles. The number of hydrogen-bond acceptors (Lipinski definition) is 3. The number of carbonyl (C=O) groups is 1. The molecular weight excluding hydrogens is 214 g/mol. The van der Waals surface area contributed by atoms with Gasteiger partial charge in [0.15, 0.2) is 0 Å². The fourth-order valence-corrected chi connectivity index (χ4v) is 2.37. The minimum Gasteiger partial charge on any atom is -0.346 e. The number of nitrogens with zero attached hydrogens (tertiary/aromatic N) is 2. The molecular formula is C13H27N3O. The van der Waals surface area contributed by atoms with E-state index < -0.39 is 0 Å². The van der Waals surface area contributed by atoms with E-state index in [-0.39, 0.29) is 5.91 Å². The van der Waals surface area contributed by atoms with Crippen molar-refractivity contribution >= 4 is 5.91 Å². The molecule has 0 radical (unpaired) electrons. The average Bonchev–Trinajstić information content (AvgIpc) is 2.34. The Balaban J connectivity index is 2.22. The summed E-state index contributed by atoms with van der Waals surface area (Å²) >= 11 is 0. The lowest BCUT2D eigenvalue weighted by Crippen LogP contribution is -2.40. The number of piperidine rings is 1. The zero-order valence-corrected chi connectivity index (χ0v) is 11.3. The van der Waals surface area contributed by atoms with Gasteiger partial charge >= 0.3 is 0 Å². The standard InChI is InChI=1S/C13H27N3O/c1-12-6-3-4-10-16(12)11-7-13(17)15(2)9-5-8-14/h12H,3-11,14H2,1-2H3. The summed E-state index contributed by atoms with van der Waals surface area (Å²) in [5, 5.41) is 0. The van der Waals surface area contributed by atoms with Gasteiger partial charge in [0.1, 0.15) is 0 Å². The maximum atomic E-state index is 11.9. The molecule has 1 heterocycles. The Morgan fingerprint density at radius 3 is 2.88 bits per heavy atom. The molecule has 17 heavy (non-hydrogen) atoms. The zero-order chi connectivity index (χ0) is 12.7. The van der Waals surface area contributed by atoms with Crippen LogP contribution in [0.3, 0.4) is 0 Å². The summed E-state index contributed by atoms with van der Waals surface area (Å²) < 4.78 is 0. The van der Waals surface area contributed by atoms with Crippen LogP contribution in [0.5, 0.6) is 0 Å². The van der Waals surface area contributed by atoms with Crippen molar-refractivity contribution in [2.45, 2.75) is 45.1 Å². The van der Waals surface area contributed by atoms with Gasteiger partial charge < -0.3 is 15.5 Å². The number of likely N-dealkylation sites (tertiary alicyclic amines) is 1. The van der Waals surface area contributed by atoms with E-state index in [1.165, 1.54) is 19.3 Å². The lowest BCUT2D eigenvalue weighted by molar-refractivity contribution is -0.130. The van der Waals surface area contributed by atoms with Crippen molar-refractivity contribution in [1.82, 2.24) is 9.80 Å². The largest absolute Gasteiger partial charge is 0.346 e. The third-order valence-electron chi connectivity index (χ3n) is 3.68. The highest BCUT2D eigenvalue weighted by molar-refractivity contribution is 5.76. The minimum absolute atomic E-state index is 0.247. The van der Waals surface area contributed by atoms with Gasteiger partial charge in [-0.25, -0.2) is 0 Å². The molecule has 2 N–H and O–H groups in total. The Morgan fingerprint density at radius 2 is 2.24 bits per heavy atom. The maximum Gasteiger partial charge on any atom is 0.223 e. The summed E-state index contributed by atoms with van der Waals surface area (Å²) in [6.07, 6.45) is 5.43. The third kappa shape index (κ3) is 5.04. The fraction of sp³-hybridized carbons (Fsp3) is 0.923. The van der Waals surface area contributed by atoms with Crippen LogP contribution in [0.2, 0.25) is 0 Å². The van der Waals surface area contributed by atoms with Gasteiger partial charge in [0.05, 0.1) is 0 Å². The summed E-state index contributed by atoms with van der Waals surface area (Å²) in [5.74, 6) is 0.247. The molecule has 1 amide bonds. The van der Waals surface area contributed by atoms with Gasteiger partial charge in [-0.3, -0.25) is 4.79 Å². The second-order valence-electron chi connectivity index (χ2n) is 5.09. The molecule has 0 saturated carbocycles. The van der Waals surface area contributed by atoms with Crippen LogP contribution in [0.15, 0.2) is 0 Å². The monoisotopic (exact) mass is 241 g/mol. The highest BCUT2D eigenvalue weighted by atomic mass is 16.2. The lowest BCUT2D eigenvalue weighted by Gasteiger charge is -2.33. The zero-order valence-electron chi connectivity index (χ0n) is 11.3. The molecule has 4 heteroatoms. The van der Waals surface area contributed by atoms with E-state index in [0.29, 0.717) is 19.0 Å². The number of amides is 1. The first-order chi connectivity index (χ1) is 8.15. The van der Waals surface area contributed by atoms with Crippen molar-refractivity contribution in [2.75, 3.05) is 33.2 Å². The van der Waals surface area contributed by atoms with Gasteiger partial charge in [-0.05, 0) is 39.3 Å². The number of hydrogen-bond donors (Lipinski definition) is 1. The van der Waals surface area contributed by atoms with Crippen LogP contribution in [-0.2, 0) is 4.79 Å². The van der Waals surface area contributed by atoms with Crippen molar-refractivity contribution in [1.29, 1.82) is 0 Å². The highest BCUT2D eigenvalue weighted by Crippen LogP contribution is 2.16. The fourth-order valence-electron chi connectivity index (χ4n) is 2.37. The van der Waals surface area contributed by atoms with Crippen molar-refractivity contribution in [3.05, 3.63) is 0 Å². The van der Waals surface area contributed by atoms with E-state index >= 15 is 0 Å². The molecule has 1 rings (SSSR count). The molecule has 0 aliphatic carbocycles. The molecule has 0 spiro atoms. The topological polar surface area (TPSA) is 49.6 Å². The third-order valence-corrected chi connectivity index (χ3v) is 3.68.